The smallest absolute Gasteiger partial charge is 0.293 e. The molecule has 2 heterocycles. The lowest BCUT2D eigenvalue weighted by molar-refractivity contribution is 0.313. The number of alkyl halides is 1. The molecule has 1 saturated heterocycles. The molecule has 5 nitrogen and oxygen atoms in total. The van der Waals surface area contributed by atoms with Gasteiger partial charge in [-0.25, -0.2) is 4.98 Å². The molecule has 6 heteroatoms. The predicted molar refractivity (Wildman–Crippen MR) is 90.6 cm³/mol. The molecule has 1 aromatic heterocycles. The highest BCUT2D eigenvalue weighted by atomic mass is 79.9. The van der Waals surface area contributed by atoms with Crippen molar-refractivity contribution in [1.82, 2.24) is 14.5 Å². The van der Waals surface area contributed by atoms with E-state index in [1.165, 1.54) is 0 Å². The number of hydrogen-bond acceptors (Lipinski definition) is 4. The Bertz CT molecular complexity index is 523. The molecule has 1 aromatic rings. The van der Waals surface area contributed by atoms with Crippen LogP contribution in [0.25, 0.3) is 0 Å². The van der Waals surface area contributed by atoms with Crippen LogP contribution in [0.1, 0.15) is 27.2 Å². The number of nitrogens with zero attached hydrogens (tertiary/aromatic N) is 4. The highest BCUT2D eigenvalue weighted by Gasteiger charge is 2.21. The molecular weight excluding hydrogens is 332 g/mol. The first-order valence-electron chi connectivity index (χ1n) is 7.55. The molecule has 118 valence electrons. The van der Waals surface area contributed by atoms with Gasteiger partial charge in [0.25, 0.3) is 5.56 Å². The zero-order valence-electron chi connectivity index (χ0n) is 13.2. The summed E-state index contributed by atoms with van der Waals surface area (Å²) in [6, 6.07) is 0. The quantitative estimate of drug-likeness (QED) is 0.775. The molecule has 0 bridgehead atoms. The van der Waals surface area contributed by atoms with Crippen LogP contribution in [0.3, 0.4) is 0 Å². The van der Waals surface area contributed by atoms with E-state index in [4.69, 9.17) is 0 Å². The van der Waals surface area contributed by atoms with Gasteiger partial charge in [-0.1, -0.05) is 15.9 Å². The SMILES string of the molecule is CC(C)(C)n1ccnc(N2CCCN(CCBr)CC2)c1=O. The molecule has 0 N–H and O–H groups in total. The molecule has 0 unspecified atom stereocenters. The van der Waals surface area contributed by atoms with Gasteiger partial charge in [-0.05, 0) is 33.7 Å². The van der Waals surface area contributed by atoms with Crippen LogP contribution < -0.4 is 10.5 Å². The molecule has 1 fully saturated rings. The summed E-state index contributed by atoms with van der Waals surface area (Å²) in [5, 5.41) is 0.993. The van der Waals surface area contributed by atoms with Crippen molar-refractivity contribution in [1.29, 1.82) is 0 Å². The lowest BCUT2D eigenvalue weighted by atomic mass is 10.1. The van der Waals surface area contributed by atoms with E-state index in [0.29, 0.717) is 5.82 Å². The second-order valence-corrected chi connectivity index (χ2v) is 7.26. The molecule has 0 amide bonds. The van der Waals surface area contributed by atoms with E-state index >= 15 is 0 Å². The monoisotopic (exact) mass is 356 g/mol. The van der Waals surface area contributed by atoms with Crippen molar-refractivity contribution < 1.29 is 0 Å². The van der Waals surface area contributed by atoms with Crippen LogP contribution in [0.4, 0.5) is 5.82 Å². The van der Waals surface area contributed by atoms with Crippen LogP contribution in [-0.2, 0) is 5.54 Å². The largest absolute Gasteiger partial charge is 0.351 e. The fourth-order valence-corrected chi connectivity index (χ4v) is 3.17. The number of anilines is 1. The van der Waals surface area contributed by atoms with Crippen molar-refractivity contribution in [2.24, 2.45) is 0 Å². The molecule has 0 saturated carbocycles. The fraction of sp³-hybridized carbons (Fsp3) is 0.733. The van der Waals surface area contributed by atoms with E-state index in [1.54, 1.807) is 17.0 Å². The van der Waals surface area contributed by atoms with E-state index in [-0.39, 0.29) is 11.1 Å². The fourth-order valence-electron chi connectivity index (χ4n) is 2.67. The first-order valence-corrected chi connectivity index (χ1v) is 8.67. The Morgan fingerprint density at radius 2 is 2.00 bits per heavy atom. The van der Waals surface area contributed by atoms with Gasteiger partial charge in [0, 0.05) is 49.4 Å². The lowest BCUT2D eigenvalue weighted by Crippen LogP contribution is -2.40. The van der Waals surface area contributed by atoms with Gasteiger partial charge in [0.1, 0.15) is 0 Å². The Morgan fingerprint density at radius 3 is 2.67 bits per heavy atom. The minimum absolute atomic E-state index is 0.0129. The summed E-state index contributed by atoms with van der Waals surface area (Å²) >= 11 is 3.49. The number of rotatable bonds is 3. The van der Waals surface area contributed by atoms with Crippen LogP contribution in [0, 0.1) is 0 Å². The van der Waals surface area contributed by atoms with Crippen molar-refractivity contribution in [2.75, 3.05) is 43.0 Å². The maximum Gasteiger partial charge on any atom is 0.293 e. The van der Waals surface area contributed by atoms with Crippen LogP contribution in [-0.4, -0.2) is 52.5 Å². The molecule has 0 aliphatic carbocycles. The molecule has 0 radical (unpaired) electrons. The molecule has 1 aliphatic rings. The van der Waals surface area contributed by atoms with Gasteiger partial charge in [0.2, 0.25) is 0 Å². The van der Waals surface area contributed by atoms with Gasteiger partial charge in [-0.15, -0.1) is 0 Å². The summed E-state index contributed by atoms with van der Waals surface area (Å²) in [7, 11) is 0. The molecule has 0 aromatic carbocycles. The molecule has 21 heavy (non-hydrogen) atoms. The summed E-state index contributed by atoms with van der Waals surface area (Å²) in [6.45, 7) is 11.0. The first kappa shape index (κ1) is 16.5. The Morgan fingerprint density at radius 1 is 1.24 bits per heavy atom. The number of hydrogen-bond donors (Lipinski definition) is 0. The maximum absolute atomic E-state index is 12.7. The summed E-state index contributed by atoms with van der Waals surface area (Å²) in [5.74, 6) is 0.591. The third-order valence-corrected chi connectivity index (χ3v) is 4.19. The van der Waals surface area contributed by atoms with E-state index in [2.05, 4.69) is 30.7 Å². The van der Waals surface area contributed by atoms with Gasteiger partial charge in [0.15, 0.2) is 5.82 Å². The number of halogens is 1. The summed E-state index contributed by atoms with van der Waals surface area (Å²) in [4.78, 5) is 21.6. The topological polar surface area (TPSA) is 41.4 Å². The second kappa shape index (κ2) is 6.92. The van der Waals surface area contributed by atoms with E-state index < -0.39 is 0 Å². The molecule has 0 spiro atoms. The highest BCUT2D eigenvalue weighted by Crippen LogP contribution is 2.14. The number of aromatic nitrogens is 2. The van der Waals surface area contributed by atoms with Crippen molar-refractivity contribution in [2.45, 2.75) is 32.7 Å². The molecular formula is C15H25BrN4O. The van der Waals surface area contributed by atoms with Gasteiger partial charge < -0.3 is 14.4 Å². The molecule has 1 aliphatic heterocycles. The molecule has 0 atom stereocenters. The minimum Gasteiger partial charge on any atom is -0.351 e. The molecule has 2 rings (SSSR count). The van der Waals surface area contributed by atoms with Crippen molar-refractivity contribution >= 4 is 21.7 Å². The second-order valence-electron chi connectivity index (χ2n) is 6.47. The van der Waals surface area contributed by atoms with Crippen molar-refractivity contribution in [3.63, 3.8) is 0 Å². The Hall–Kier alpha value is -0.880. The first-order chi connectivity index (χ1) is 9.93. The summed E-state index contributed by atoms with van der Waals surface area (Å²) < 4.78 is 1.77. The van der Waals surface area contributed by atoms with Crippen molar-refractivity contribution in [3.05, 3.63) is 22.7 Å². The average molecular weight is 357 g/mol. The maximum atomic E-state index is 12.7. The van der Waals surface area contributed by atoms with E-state index in [1.807, 2.05) is 20.8 Å². The third kappa shape index (κ3) is 4.07. The van der Waals surface area contributed by atoms with Gasteiger partial charge in [-0.3, -0.25) is 4.79 Å². The van der Waals surface area contributed by atoms with Gasteiger partial charge in [-0.2, -0.15) is 0 Å². The minimum atomic E-state index is -0.220. The summed E-state index contributed by atoms with van der Waals surface area (Å²) in [5.41, 5.74) is -0.207. The normalized spacial score (nSPS) is 17.8. The van der Waals surface area contributed by atoms with Crippen LogP contribution in [0.15, 0.2) is 17.2 Å². The van der Waals surface area contributed by atoms with Crippen LogP contribution in [0.2, 0.25) is 0 Å². The van der Waals surface area contributed by atoms with E-state index in [0.717, 1.165) is 44.5 Å². The zero-order valence-corrected chi connectivity index (χ0v) is 14.8. The summed E-state index contributed by atoms with van der Waals surface area (Å²) in [6.07, 6.45) is 4.59. The zero-order chi connectivity index (χ0) is 15.5. The lowest BCUT2D eigenvalue weighted by Gasteiger charge is -2.26. The van der Waals surface area contributed by atoms with E-state index in [9.17, 15) is 4.79 Å². The van der Waals surface area contributed by atoms with Gasteiger partial charge in [0.05, 0.1) is 0 Å². The third-order valence-electron chi connectivity index (χ3n) is 3.83. The predicted octanol–water partition coefficient (Wildman–Crippen LogP) is 1.91. The standard InChI is InChI=1S/C15H25BrN4O/c1-15(2,3)20-10-6-17-13(14(20)21)19-8-4-7-18(9-5-16)11-12-19/h6,10H,4-5,7-9,11-12H2,1-3H3. The highest BCUT2D eigenvalue weighted by molar-refractivity contribution is 9.09. The van der Waals surface area contributed by atoms with Crippen molar-refractivity contribution in [3.8, 4) is 0 Å². The average Bonchev–Trinajstić information content (AvgIpc) is 2.64. The Labute approximate surface area is 135 Å². The Balaban J connectivity index is 2.21. The van der Waals surface area contributed by atoms with Gasteiger partial charge >= 0.3 is 0 Å². The van der Waals surface area contributed by atoms with Crippen LogP contribution in [0.5, 0.6) is 0 Å². The Kier molecular flexibility index (Phi) is 5.43. The van der Waals surface area contributed by atoms with Crippen LogP contribution >= 0.6 is 15.9 Å².